The van der Waals surface area contributed by atoms with Gasteiger partial charge in [-0.2, -0.15) is 0 Å². The first kappa shape index (κ1) is 16.7. The third kappa shape index (κ3) is 5.23. The molecule has 6 nitrogen and oxygen atoms in total. The SMILES string of the molecule is NC(=O)c1ccc(NC(=O)CCCNC(=O)c2cccs2)cc1. The zero-order valence-electron chi connectivity index (χ0n) is 12.4. The summed E-state index contributed by atoms with van der Waals surface area (Å²) in [7, 11) is 0. The lowest BCUT2D eigenvalue weighted by Gasteiger charge is -2.06. The second-order valence-electron chi connectivity index (χ2n) is 4.83. The molecular formula is C16H17N3O3S. The fraction of sp³-hybridized carbons (Fsp3) is 0.188. The number of nitrogens with one attached hydrogen (secondary N) is 2. The highest BCUT2D eigenvalue weighted by molar-refractivity contribution is 7.12. The Kier molecular flexibility index (Phi) is 5.87. The molecule has 1 aromatic carbocycles. The van der Waals surface area contributed by atoms with E-state index in [2.05, 4.69) is 10.6 Å². The summed E-state index contributed by atoms with van der Waals surface area (Å²) in [6.45, 7) is 0.435. The Morgan fingerprint density at radius 2 is 1.83 bits per heavy atom. The van der Waals surface area contributed by atoms with Crippen LogP contribution in [0.4, 0.5) is 5.69 Å². The summed E-state index contributed by atoms with van der Waals surface area (Å²) in [5, 5.41) is 7.33. The standard InChI is InChI=1S/C16H17N3O3S/c17-15(21)11-5-7-12(8-6-11)19-14(20)4-1-9-18-16(22)13-3-2-10-23-13/h2-3,5-8,10H,1,4,9H2,(H2,17,21)(H,18,22)(H,19,20). The summed E-state index contributed by atoms with van der Waals surface area (Å²) in [5.41, 5.74) is 6.13. The van der Waals surface area contributed by atoms with Crippen LogP contribution in [0.5, 0.6) is 0 Å². The third-order valence-electron chi connectivity index (χ3n) is 3.06. The number of anilines is 1. The highest BCUT2D eigenvalue weighted by Gasteiger charge is 2.07. The summed E-state index contributed by atoms with van der Waals surface area (Å²) in [5.74, 6) is -0.783. The van der Waals surface area contributed by atoms with E-state index in [1.165, 1.54) is 11.3 Å². The van der Waals surface area contributed by atoms with Crippen molar-refractivity contribution in [2.75, 3.05) is 11.9 Å². The number of hydrogen-bond acceptors (Lipinski definition) is 4. The lowest BCUT2D eigenvalue weighted by Crippen LogP contribution is -2.24. The maximum Gasteiger partial charge on any atom is 0.261 e. The lowest BCUT2D eigenvalue weighted by atomic mass is 10.2. The van der Waals surface area contributed by atoms with Crippen LogP contribution in [0, 0.1) is 0 Å². The summed E-state index contributed by atoms with van der Waals surface area (Å²) in [6.07, 6.45) is 0.838. The van der Waals surface area contributed by atoms with E-state index >= 15 is 0 Å². The van der Waals surface area contributed by atoms with Crippen molar-refractivity contribution in [1.29, 1.82) is 0 Å². The molecule has 120 valence electrons. The van der Waals surface area contributed by atoms with E-state index in [0.717, 1.165) is 0 Å². The van der Waals surface area contributed by atoms with Crippen molar-refractivity contribution in [3.63, 3.8) is 0 Å². The summed E-state index contributed by atoms with van der Waals surface area (Å²) >= 11 is 1.38. The van der Waals surface area contributed by atoms with Gasteiger partial charge in [-0.3, -0.25) is 14.4 Å². The van der Waals surface area contributed by atoms with E-state index in [1.54, 1.807) is 30.3 Å². The summed E-state index contributed by atoms with van der Waals surface area (Å²) < 4.78 is 0. The lowest BCUT2D eigenvalue weighted by molar-refractivity contribution is -0.116. The molecule has 0 aliphatic carbocycles. The Hall–Kier alpha value is -2.67. The second kappa shape index (κ2) is 8.09. The van der Waals surface area contributed by atoms with Gasteiger partial charge in [0.05, 0.1) is 4.88 Å². The number of carbonyl (C=O) groups excluding carboxylic acids is 3. The number of benzene rings is 1. The Labute approximate surface area is 137 Å². The smallest absolute Gasteiger partial charge is 0.261 e. The molecule has 1 heterocycles. The van der Waals surface area contributed by atoms with Gasteiger partial charge >= 0.3 is 0 Å². The minimum absolute atomic E-state index is 0.123. The van der Waals surface area contributed by atoms with Crippen LogP contribution < -0.4 is 16.4 Å². The van der Waals surface area contributed by atoms with Crippen molar-refractivity contribution in [3.05, 3.63) is 52.2 Å². The molecule has 0 unspecified atom stereocenters. The van der Waals surface area contributed by atoms with Crippen molar-refractivity contribution in [1.82, 2.24) is 5.32 Å². The molecule has 0 atom stereocenters. The van der Waals surface area contributed by atoms with Gasteiger partial charge in [0.1, 0.15) is 0 Å². The number of nitrogens with two attached hydrogens (primary N) is 1. The van der Waals surface area contributed by atoms with Gasteiger partial charge in [-0.05, 0) is 42.1 Å². The quantitative estimate of drug-likeness (QED) is 0.676. The minimum atomic E-state index is -0.510. The average Bonchev–Trinajstić information content (AvgIpc) is 3.06. The van der Waals surface area contributed by atoms with Gasteiger partial charge in [-0.25, -0.2) is 0 Å². The van der Waals surface area contributed by atoms with E-state index in [0.29, 0.717) is 35.5 Å². The molecule has 4 N–H and O–H groups in total. The number of rotatable bonds is 7. The molecule has 2 aromatic rings. The Morgan fingerprint density at radius 1 is 1.09 bits per heavy atom. The molecule has 0 fully saturated rings. The molecule has 0 aliphatic rings. The van der Waals surface area contributed by atoms with Gasteiger partial charge < -0.3 is 16.4 Å². The second-order valence-corrected chi connectivity index (χ2v) is 5.77. The average molecular weight is 331 g/mol. The summed E-state index contributed by atoms with van der Waals surface area (Å²) in [4.78, 5) is 35.1. The molecule has 2 rings (SSSR count). The molecule has 1 aromatic heterocycles. The topological polar surface area (TPSA) is 101 Å². The molecular weight excluding hydrogens is 314 g/mol. The molecule has 3 amide bonds. The molecule has 7 heteroatoms. The Morgan fingerprint density at radius 3 is 2.43 bits per heavy atom. The van der Waals surface area contributed by atoms with Gasteiger partial charge in [0.2, 0.25) is 11.8 Å². The summed E-state index contributed by atoms with van der Waals surface area (Å²) in [6, 6.07) is 9.92. The zero-order chi connectivity index (χ0) is 16.7. The van der Waals surface area contributed by atoms with Crippen molar-refractivity contribution in [2.45, 2.75) is 12.8 Å². The van der Waals surface area contributed by atoms with Crippen LogP contribution >= 0.6 is 11.3 Å². The van der Waals surface area contributed by atoms with Gasteiger partial charge in [0, 0.05) is 24.2 Å². The first-order valence-corrected chi connectivity index (χ1v) is 7.95. The monoisotopic (exact) mass is 331 g/mol. The van der Waals surface area contributed by atoms with E-state index in [-0.39, 0.29) is 11.8 Å². The van der Waals surface area contributed by atoms with Crippen LogP contribution in [0.2, 0.25) is 0 Å². The first-order chi connectivity index (χ1) is 11.1. The maximum atomic E-state index is 11.8. The van der Waals surface area contributed by atoms with Gasteiger partial charge in [-0.1, -0.05) is 6.07 Å². The van der Waals surface area contributed by atoms with Crippen molar-refractivity contribution in [3.8, 4) is 0 Å². The van der Waals surface area contributed by atoms with Crippen LogP contribution in [0.15, 0.2) is 41.8 Å². The van der Waals surface area contributed by atoms with Crippen LogP contribution in [-0.2, 0) is 4.79 Å². The number of amides is 3. The highest BCUT2D eigenvalue weighted by atomic mass is 32.1. The number of carbonyl (C=O) groups is 3. The van der Waals surface area contributed by atoms with Gasteiger partial charge in [0.15, 0.2) is 0 Å². The molecule has 0 aliphatic heterocycles. The van der Waals surface area contributed by atoms with Crippen LogP contribution in [0.3, 0.4) is 0 Å². The molecule has 0 saturated carbocycles. The van der Waals surface area contributed by atoms with Gasteiger partial charge in [0.25, 0.3) is 5.91 Å². The molecule has 23 heavy (non-hydrogen) atoms. The van der Waals surface area contributed by atoms with Crippen molar-refractivity contribution in [2.24, 2.45) is 5.73 Å². The zero-order valence-corrected chi connectivity index (χ0v) is 13.2. The molecule has 0 radical (unpaired) electrons. The van der Waals surface area contributed by atoms with Crippen LogP contribution in [0.1, 0.15) is 32.9 Å². The predicted octanol–water partition coefficient (Wildman–Crippen LogP) is 2.00. The predicted molar refractivity (Wildman–Crippen MR) is 89.5 cm³/mol. The first-order valence-electron chi connectivity index (χ1n) is 7.07. The van der Waals surface area contributed by atoms with Crippen molar-refractivity contribution < 1.29 is 14.4 Å². The number of primary amides is 1. The van der Waals surface area contributed by atoms with E-state index in [4.69, 9.17) is 5.73 Å². The third-order valence-corrected chi connectivity index (χ3v) is 3.93. The fourth-order valence-electron chi connectivity index (χ4n) is 1.89. The normalized spacial score (nSPS) is 10.1. The van der Waals surface area contributed by atoms with Crippen LogP contribution in [0.25, 0.3) is 0 Å². The number of thiophene rings is 1. The van der Waals surface area contributed by atoms with Gasteiger partial charge in [-0.15, -0.1) is 11.3 Å². The molecule has 0 bridgehead atoms. The Balaban J connectivity index is 1.69. The molecule has 0 spiro atoms. The highest BCUT2D eigenvalue weighted by Crippen LogP contribution is 2.10. The largest absolute Gasteiger partial charge is 0.366 e. The van der Waals surface area contributed by atoms with Crippen LogP contribution in [-0.4, -0.2) is 24.3 Å². The minimum Gasteiger partial charge on any atom is -0.366 e. The van der Waals surface area contributed by atoms with Crippen molar-refractivity contribution >= 4 is 34.7 Å². The Bertz CT molecular complexity index is 681. The fourth-order valence-corrected chi connectivity index (χ4v) is 2.53. The maximum absolute atomic E-state index is 11.8. The molecule has 0 saturated heterocycles. The van der Waals surface area contributed by atoms with E-state index in [9.17, 15) is 14.4 Å². The van der Waals surface area contributed by atoms with E-state index in [1.807, 2.05) is 11.4 Å². The van der Waals surface area contributed by atoms with E-state index < -0.39 is 5.91 Å². The number of hydrogen-bond donors (Lipinski definition) is 3.